The van der Waals surface area contributed by atoms with Crippen LogP contribution in [-0.4, -0.2) is 62.6 Å². The van der Waals surface area contributed by atoms with Crippen LogP contribution in [0.25, 0.3) is 0 Å². The van der Waals surface area contributed by atoms with Crippen molar-refractivity contribution in [3.05, 3.63) is 70.6 Å². The van der Waals surface area contributed by atoms with Gasteiger partial charge in [-0.1, -0.05) is 49.1 Å². The molecule has 3 aliphatic carbocycles. The van der Waals surface area contributed by atoms with Gasteiger partial charge < -0.3 is 9.84 Å². The lowest BCUT2D eigenvalue weighted by Crippen LogP contribution is -2.60. The van der Waals surface area contributed by atoms with E-state index >= 15 is 8.78 Å². The third kappa shape index (κ3) is 4.57. The predicted molar refractivity (Wildman–Crippen MR) is 164 cm³/mol. The van der Waals surface area contributed by atoms with Crippen LogP contribution in [0, 0.1) is 46.8 Å². The van der Waals surface area contributed by atoms with E-state index in [4.69, 9.17) is 27.9 Å². The molecule has 49 heavy (non-hydrogen) atoms. The van der Waals surface area contributed by atoms with Gasteiger partial charge in [-0.25, -0.2) is 26.9 Å². The highest BCUT2D eigenvalue weighted by molar-refractivity contribution is 6.58. The van der Waals surface area contributed by atoms with Gasteiger partial charge in [-0.05, 0) is 37.7 Å². The molecule has 2 aromatic carbocycles. The Morgan fingerprint density at radius 1 is 0.837 bits per heavy atom. The Bertz CT molecular complexity index is 1810. The Morgan fingerprint density at radius 3 is 2.12 bits per heavy atom. The maximum Gasteiger partial charge on any atom is 0.258 e. The summed E-state index contributed by atoms with van der Waals surface area (Å²) >= 11 is 14.4. The number of fused-ring (bicyclic) bond motifs is 4. The monoisotopic (exact) mass is 726 g/mol. The highest BCUT2D eigenvalue weighted by Crippen LogP contribution is 2.66. The molecule has 2 aromatic rings. The van der Waals surface area contributed by atoms with E-state index in [9.17, 15) is 37.5 Å². The summed E-state index contributed by atoms with van der Waals surface area (Å²) in [6.07, 6.45) is 5.04. The lowest BCUT2D eigenvalue weighted by Gasteiger charge is -2.51. The highest BCUT2D eigenvalue weighted by atomic mass is 35.5. The van der Waals surface area contributed by atoms with Gasteiger partial charge in [0.2, 0.25) is 17.6 Å². The summed E-state index contributed by atoms with van der Waals surface area (Å²) in [5.74, 6) is -20.4. The van der Waals surface area contributed by atoms with Crippen molar-refractivity contribution in [3.8, 4) is 5.75 Å². The van der Waals surface area contributed by atoms with Crippen LogP contribution in [0.2, 0.25) is 0 Å². The summed E-state index contributed by atoms with van der Waals surface area (Å²) in [6.45, 7) is -0.635. The van der Waals surface area contributed by atoms with Gasteiger partial charge in [-0.3, -0.25) is 24.1 Å². The van der Waals surface area contributed by atoms with Crippen molar-refractivity contribution in [1.29, 1.82) is 0 Å². The summed E-state index contributed by atoms with van der Waals surface area (Å²) < 4.78 is 79.2. The number of carbonyl (C=O) groups excluding carboxylic acids is 4. The Hall–Kier alpha value is -3.55. The first-order valence-corrected chi connectivity index (χ1v) is 16.7. The molecule has 1 N–H and O–H groups in total. The van der Waals surface area contributed by atoms with E-state index in [0.29, 0.717) is 18.4 Å². The number of anilines is 1. The number of para-hydroxylation sites is 1. The third-order valence-electron chi connectivity index (χ3n) is 10.8. The third-order valence-corrected chi connectivity index (χ3v) is 12.2. The van der Waals surface area contributed by atoms with Gasteiger partial charge >= 0.3 is 0 Å². The standard InChI is InChI=1S/C34H29Cl2F5N2O6/c35-33-14-19-16(10-11-18-21(19)30(46)42(29(18)45)15-6-2-1-3-7-15)22(17-8-4-5-9-20(17)49-13-12-44)34(33,36)32(48)43(31(33)47)28-26(40)24(38)23(37)25(39)27(28)41/h4-5,8-10,15,18-19,21-22,44H,1-3,6-7,11-14H2. The number of amides is 4. The van der Waals surface area contributed by atoms with Crippen molar-refractivity contribution in [3.63, 3.8) is 0 Å². The zero-order valence-corrected chi connectivity index (χ0v) is 27.2. The second kappa shape index (κ2) is 12.1. The van der Waals surface area contributed by atoms with E-state index in [2.05, 4.69) is 0 Å². The maximum absolute atomic E-state index is 15.2. The number of halogens is 7. The first kappa shape index (κ1) is 33.9. The fourth-order valence-corrected chi connectivity index (χ4v) is 9.57. The van der Waals surface area contributed by atoms with Gasteiger partial charge in [0, 0.05) is 17.5 Å². The van der Waals surface area contributed by atoms with Crippen LogP contribution in [0.15, 0.2) is 35.9 Å². The van der Waals surface area contributed by atoms with E-state index in [1.165, 1.54) is 17.0 Å². The lowest BCUT2D eigenvalue weighted by molar-refractivity contribution is -0.143. The molecule has 2 heterocycles. The van der Waals surface area contributed by atoms with Crippen molar-refractivity contribution in [2.24, 2.45) is 17.8 Å². The Morgan fingerprint density at radius 2 is 1.47 bits per heavy atom. The second-order valence-electron chi connectivity index (χ2n) is 13.1. The summed E-state index contributed by atoms with van der Waals surface area (Å²) in [6, 6.07) is 5.77. The molecule has 6 unspecified atom stereocenters. The molecule has 4 amide bonds. The van der Waals surface area contributed by atoms with Crippen LogP contribution in [0.5, 0.6) is 5.75 Å². The molecule has 7 rings (SSSR count). The Balaban J connectivity index is 1.43. The van der Waals surface area contributed by atoms with E-state index in [1.54, 1.807) is 18.2 Å². The molecule has 8 nitrogen and oxygen atoms in total. The van der Waals surface area contributed by atoms with Gasteiger partial charge in [-0.15, -0.1) is 23.2 Å². The molecule has 5 aliphatic rings. The average Bonchev–Trinajstić information content (AvgIpc) is 3.44. The number of ether oxygens (including phenoxy) is 1. The number of nitrogens with zero attached hydrogens (tertiary/aromatic N) is 2. The van der Waals surface area contributed by atoms with Crippen LogP contribution in [0.3, 0.4) is 0 Å². The zero-order chi connectivity index (χ0) is 35.2. The predicted octanol–water partition coefficient (Wildman–Crippen LogP) is 5.65. The lowest BCUT2D eigenvalue weighted by atomic mass is 9.56. The first-order chi connectivity index (χ1) is 23.3. The summed E-state index contributed by atoms with van der Waals surface area (Å²) in [7, 11) is 0. The molecule has 0 spiro atoms. The topological polar surface area (TPSA) is 104 Å². The largest absolute Gasteiger partial charge is 0.491 e. The average molecular weight is 728 g/mol. The summed E-state index contributed by atoms with van der Waals surface area (Å²) in [5, 5.41) is 9.48. The number of aliphatic hydroxyl groups is 1. The smallest absolute Gasteiger partial charge is 0.258 e. The number of imide groups is 2. The quantitative estimate of drug-likeness (QED) is 0.103. The molecule has 2 saturated heterocycles. The van der Waals surface area contributed by atoms with Crippen LogP contribution in [0.1, 0.15) is 56.4 Å². The van der Waals surface area contributed by atoms with E-state index in [-0.39, 0.29) is 41.2 Å². The van der Waals surface area contributed by atoms with Gasteiger partial charge in [-0.2, -0.15) is 0 Å². The van der Waals surface area contributed by atoms with Crippen LogP contribution in [0.4, 0.5) is 27.6 Å². The molecular weight excluding hydrogens is 698 g/mol. The number of carbonyl (C=O) groups is 4. The molecule has 0 bridgehead atoms. The molecule has 0 radical (unpaired) electrons. The van der Waals surface area contributed by atoms with Gasteiger partial charge in [0.1, 0.15) is 18.0 Å². The normalized spacial score (nSPS) is 31.6. The molecule has 0 aromatic heterocycles. The fourth-order valence-electron chi connectivity index (χ4n) is 8.64. The number of likely N-dealkylation sites (tertiary alicyclic amines) is 1. The molecule has 2 aliphatic heterocycles. The molecule has 2 saturated carbocycles. The van der Waals surface area contributed by atoms with Crippen molar-refractivity contribution in [2.75, 3.05) is 18.1 Å². The van der Waals surface area contributed by atoms with Crippen molar-refractivity contribution in [2.45, 2.75) is 66.7 Å². The van der Waals surface area contributed by atoms with Gasteiger partial charge in [0.25, 0.3) is 11.8 Å². The second-order valence-corrected chi connectivity index (χ2v) is 14.4. The van der Waals surface area contributed by atoms with E-state index in [0.717, 1.165) is 19.3 Å². The molecular formula is C34H29Cl2F5N2O6. The van der Waals surface area contributed by atoms with E-state index in [1.807, 2.05) is 0 Å². The number of hydrogen-bond acceptors (Lipinski definition) is 6. The number of aliphatic hydroxyl groups excluding tert-OH is 1. The van der Waals surface area contributed by atoms with Crippen LogP contribution < -0.4 is 9.64 Å². The highest BCUT2D eigenvalue weighted by Gasteiger charge is 2.77. The number of alkyl halides is 2. The Labute approximate surface area is 286 Å². The molecule has 4 fully saturated rings. The fraction of sp³-hybridized carbons (Fsp3) is 0.471. The van der Waals surface area contributed by atoms with E-state index < -0.39 is 98.9 Å². The minimum absolute atomic E-state index is 0.0617. The number of allylic oxidation sites excluding steroid dienone is 2. The minimum Gasteiger partial charge on any atom is -0.491 e. The number of benzene rings is 2. The van der Waals surface area contributed by atoms with Gasteiger partial charge in [0.15, 0.2) is 33.0 Å². The first-order valence-electron chi connectivity index (χ1n) is 16.0. The van der Waals surface area contributed by atoms with Crippen LogP contribution >= 0.6 is 23.2 Å². The van der Waals surface area contributed by atoms with Gasteiger partial charge in [0.05, 0.1) is 18.4 Å². The maximum atomic E-state index is 15.2. The number of rotatable bonds is 6. The minimum atomic E-state index is -2.66. The van der Waals surface area contributed by atoms with Crippen molar-refractivity contribution >= 4 is 52.5 Å². The molecule has 260 valence electrons. The van der Waals surface area contributed by atoms with Crippen LogP contribution in [-0.2, 0) is 19.2 Å². The summed E-state index contributed by atoms with van der Waals surface area (Å²) in [5.41, 5.74) is -1.36. The molecule has 15 heteroatoms. The van der Waals surface area contributed by atoms with Crippen molar-refractivity contribution in [1.82, 2.24) is 4.90 Å². The molecule has 6 atom stereocenters. The zero-order valence-electron chi connectivity index (χ0n) is 25.7. The SMILES string of the molecule is O=C1C2CC=C3C(CC4(Cl)C(=O)N(c5c(F)c(F)c(F)c(F)c5F)C(=O)C4(Cl)C3c3ccccc3OCCO)C2C(=O)N1C1CCCCC1. The van der Waals surface area contributed by atoms with Crippen molar-refractivity contribution < 1.29 is 51.0 Å². The summed E-state index contributed by atoms with van der Waals surface area (Å²) in [4.78, 5) is 52.6. The number of hydrogen-bond donors (Lipinski definition) is 1. The Kier molecular flexibility index (Phi) is 8.34.